The van der Waals surface area contributed by atoms with Gasteiger partial charge >= 0.3 is 0 Å². The molecule has 2 rings (SSSR count). The van der Waals surface area contributed by atoms with Crippen LogP contribution < -0.4 is 10.2 Å². The average molecular weight is 310 g/mol. The summed E-state index contributed by atoms with van der Waals surface area (Å²) in [5.41, 5.74) is 2.29. The molecule has 0 radical (unpaired) electrons. The molecule has 1 aliphatic rings. The lowest BCUT2D eigenvalue weighted by atomic mass is 10.1. The lowest BCUT2D eigenvalue weighted by molar-refractivity contribution is 0.222. The highest BCUT2D eigenvalue weighted by Gasteiger charge is 2.14. The fraction of sp³-hybridized carbons (Fsp3) is 0.562. The predicted octanol–water partition coefficient (Wildman–Crippen LogP) is 3.02. The van der Waals surface area contributed by atoms with Crippen LogP contribution in [0.3, 0.4) is 0 Å². The van der Waals surface area contributed by atoms with Crippen molar-refractivity contribution in [3.63, 3.8) is 0 Å². The van der Waals surface area contributed by atoms with Gasteiger partial charge in [0.1, 0.15) is 5.82 Å². The van der Waals surface area contributed by atoms with E-state index in [-0.39, 0.29) is 0 Å². The van der Waals surface area contributed by atoms with Crippen molar-refractivity contribution in [3.8, 4) is 0 Å². The van der Waals surface area contributed by atoms with Gasteiger partial charge in [-0.05, 0) is 37.1 Å². The second kappa shape index (κ2) is 8.37. The molecule has 0 amide bonds. The fourth-order valence-corrected chi connectivity index (χ4v) is 2.56. The second-order valence-corrected chi connectivity index (χ2v) is 5.67. The van der Waals surface area contributed by atoms with Gasteiger partial charge in [-0.3, -0.25) is 0 Å². The highest BCUT2D eigenvalue weighted by Crippen LogP contribution is 2.22. The molecule has 0 saturated carbocycles. The van der Waals surface area contributed by atoms with E-state index in [9.17, 15) is 0 Å². The number of aromatic nitrogens is 1. The Morgan fingerprint density at radius 1 is 1.43 bits per heavy atom. The van der Waals surface area contributed by atoms with E-state index in [4.69, 9.17) is 21.3 Å². The molecule has 1 aromatic rings. The van der Waals surface area contributed by atoms with E-state index in [2.05, 4.69) is 23.2 Å². The molecule has 116 valence electrons. The molecule has 21 heavy (non-hydrogen) atoms. The Balaban J connectivity index is 2.02. The highest BCUT2D eigenvalue weighted by molar-refractivity contribution is 6.31. The van der Waals surface area contributed by atoms with Crippen LogP contribution in [0.4, 0.5) is 5.82 Å². The van der Waals surface area contributed by atoms with Crippen molar-refractivity contribution in [2.45, 2.75) is 26.3 Å². The van der Waals surface area contributed by atoms with Crippen LogP contribution in [0.1, 0.15) is 25.5 Å². The van der Waals surface area contributed by atoms with Gasteiger partial charge in [0.25, 0.3) is 0 Å². The predicted molar refractivity (Wildman–Crippen MR) is 88.0 cm³/mol. The largest absolute Gasteiger partial charge is 0.380 e. The summed E-state index contributed by atoms with van der Waals surface area (Å²) >= 11 is 6.23. The second-order valence-electron chi connectivity index (χ2n) is 5.27. The zero-order valence-electron chi connectivity index (χ0n) is 12.9. The van der Waals surface area contributed by atoms with E-state index in [1.54, 1.807) is 7.11 Å². The Hall–Kier alpha value is -1.10. The van der Waals surface area contributed by atoms with E-state index >= 15 is 0 Å². The number of rotatable bonds is 7. The first-order valence-electron chi connectivity index (χ1n) is 7.52. The van der Waals surface area contributed by atoms with Crippen LogP contribution in [0.25, 0.3) is 0 Å². The molecule has 0 saturated heterocycles. The first-order chi connectivity index (χ1) is 10.2. The molecular weight excluding hydrogens is 286 g/mol. The summed E-state index contributed by atoms with van der Waals surface area (Å²) in [6.07, 6.45) is 4.37. The number of hydrogen-bond acceptors (Lipinski definition) is 4. The summed E-state index contributed by atoms with van der Waals surface area (Å²) < 4.78 is 5.18. The number of pyridine rings is 1. The van der Waals surface area contributed by atoms with Crippen molar-refractivity contribution in [3.05, 3.63) is 34.5 Å². The van der Waals surface area contributed by atoms with Crippen molar-refractivity contribution in [1.29, 1.82) is 0 Å². The zero-order chi connectivity index (χ0) is 15.1. The third-order valence-electron chi connectivity index (χ3n) is 3.58. The molecule has 1 aliphatic heterocycles. The van der Waals surface area contributed by atoms with Crippen molar-refractivity contribution in [2.75, 3.05) is 38.3 Å². The molecule has 0 bridgehead atoms. The number of nitrogens with zero attached hydrogens (tertiary/aromatic N) is 2. The van der Waals surface area contributed by atoms with Crippen LogP contribution in [0.15, 0.2) is 23.8 Å². The van der Waals surface area contributed by atoms with Crippen molar-refractivity contribution in [1.82, 2.24) is 10.3 Å². The van der Waals surface area contributed by atoms with E-state index in [0.29, 0.717) is 0 Å². The van der Waals surface area contributed by atoms with Gasteiger partial charge in [-0.15, -0.1) is 0 Å². The first-order valence-corrected chi connectivity index (χ1v) is 7.90. The van der Waals surface area contributed by atoms with Gasteiger partial charge in [-0.1, -0.05) is 24.6 Å². The lowest BCUT2D eigenvalue weighted by Gasteiger charge is -2.27. The summed E-state index contributed by atoms with van der Waals surface area (Å²) in [5, 5.41) is 4.08. The van der Waals surface area contributed by atoms with Crippen LogP contribution in [0.2, 0.25) is 5.02 Å². The number of hydrogen-bond donors (Lipinski definition) is 1. The molecule has 5 heteroatoms. The number of anilines is 1. The molecule has 0 fully saturated rings. The molecule has 0 atom stereocenters. The van der Waals surface area contributed by atoms with E-state index in [1.807, 2.05) is 12.1 Å². The van der Waals surface area contributed by atoms with Gasteiger partial charge in [0.15, 0.2) is 0 Å². The minimum Gasteiger partial charge on any atom is -0.380 e. The maximum Gasteiger partial charge on any atom is 0.129 e. The maximum absolute atomic E-state index is 6.23. The molecule has 0 aromatic carbocycles. The molecule has 4 nitrogen and oxygen atoms in total. The van der Waals surface area contributed by atoms with Crippen LogP contribution in [0.5, 0.6) is 0 Å². The minimum absolute atomic E-state index is 0.721. The number of nitrogens with one attached hydrogen (secondary N) is 1. The topological polar surface area (TPSA) is 37.4 Å². The molecule has 2 heterocycles. The van der Waals surface area contributed by atoms with Gasteiger partial charge in [0.2, 0.25) is 0 Å². The Labute approximate surface area is 132 Å². The van der Waals surface area contributed by atoms with Crippen molar-refractivity contribution >= 4 is 17.4 Å². The standard InChI is InChI=1S/C16H24ClN3O/c1-3-8-18-11-15-14(17)4-5-16(19-15)20-9-6-13(7-10-20)12-21-2/h4-6,18H,3,7-12H2,1-2H3. The zero-order valence-corrected chi connectivity index (χ0v) is 13.6. The fourth-order valence-electron chi connectivity index (χ4n) is 2.39. The summed E-state index contributed by atoms with van der Waals surface area (Å²) in [6, 6.07) is 3.95. The van der Waals surface area contributed by atoms with E-state index in [1.165, 1.54) is 5.57 Å². The Bertz CT molecular complexity index is 490. The molecule has 1 N–H and O–H groups in total. The monoisotopic (exact) mass is 309 g/mol. The van der Waals surface area contributed by atoms with Gasteiger partial charge in [0, 0.05) is 26.7 Å². The summed E-state index contributed by atoms with van der Waals surface area (Å²) in [6.45, 7) is 6.44. The van der Waals surface area contributed by atoms with Gasteiger partial charge in [-0.25, -0.2) is 4.98 Å². The van der Waals surface area contributed by atoms with E-state index in [0.717, 1.165) is 62.2 Å². The SMILES string of the molecule is CCCNCc1nc(N2CC=C(COC)CC2)ccc1Cl. The van der Waals surface area contributed by atoms with Crippen molar-refractivity contribution < 1.29 is 4.74 Å². The number of methoxy groups -OCH3 is 1. The maximum atomic E-state index is 6.23. The Morgan fingerprint density at radius 3 is 2.95 bits per heavy atom. The normalized spacial score (nSPS) is 15.2. The van der Waals surface area contributed by atoms with Crippen LogP contribution in [0, 0.1) is 0 Å². The van der Waals surface area contributed by atoms with Gasteiger partial charge in [0.05, 0.1) is 17.3 Å². The molecule has 1 aromatic heterocycles. The molecule has 0 spiro atoms. The smallest absolute Gasteiger partial charge is 0.129 e. The molecule has 0 aliphatic carbocycles. The third kappa shape index (κ3) is 4.70. The highest BCUT2D eigenvalue weighted by atomic mass is 35.5. The minimum atomic E-state index is 0.721. The molecule has 0 unspecified atom stereocenters. The summed E-state index contributed by atoms with van der Waals surface area (Å²) in [7, 11) is 1.74. The van der Waals surface area contributed by atoms with Crippen LogP contribution in [-0.4, -0.2) is 38.3 Å². The van der Waals surface area contributed by atoms with Crippen molar-refractivity contribution in [2.24, 2.45) is 0 Å². The third-order valence-corrected chi connectivity index (χ3v) is 3.92. The number of ether oxygens (including phenoxy) is 1. The molecular formula is C16H24ClN3O. The van der Waals surface area contributed by atoms with E-state index < -0.39 is 0 Å². The lowest BCUT2D eigenvalue weighted by Crippen LogP contribution is -2.30. The average Bonchev–Trinajstić information content (AvgIpc) is 2.51. The summed E-state index contributed by atoms with van der Waals surface area (Å²) in [4.78, 5) is 6.99. The Kier molecular flexibility index (Phi) is 6.49. The van der Waals surface area contributed by atoms with Crippen LogP contribution in [-0.2, 0) is 11.3 Å². The van der Waals surface area contributed by atoms with Gasteiger partial charge < -0.3 is 15.0 Å². The first kappa shape index (κ1) is 16.3. The quantitative estimate of drug-likeness (QED) is 0.620. The van der Waals surface area contributed by atoms with Crippen LogP contribution >= 0.6 is 11.6 Å². The Morgan fingerprint density at radius 2 is 2.29 bits per heavy atom. The summed E-state index contributed by atoms with van der Waals surface area (Å²) in [5.74, 6) is 1.00. The van der Waals surface area contributed by atoms with Gasteiger partial charge in [-0.2, -0.15) is 0 Å². The number of halogens is 1.